The molecule has 0 N–H and O–H groups in total. The number of aromatic nitrogens is 1. The topological polar surface area (TPSA) is 84.2 Å². The molecule has 0 atom stereocenters. The molecule has 0 aliphatic carbocycles. The van der Waals surface area contributed by atoms with Crippen LogP contribution >= 0.6 is 34.7 Å². The van der Waals surface area contributed by atoms with Gasteiger partial charge in [-0.3, -0.25) is 19.0 Å². The van der Waals surface area contributed by atoms with Gasteiger partial charge in [-0.15, -0.1) is 11.3 Å². The average Bonchev–Trinajstić information content (AvgIpc) is 3.59. The normalized spacial score (nSPS) is 17.1. The molecule has 0 saturated heterocycles. The molecule has 1 amide bonds. The zero-order chi connectivity index (χ0) is 28.7. The van der Waals surface area contributed by atoms with E-state index in [1.165, 1.54) is 32.7 Å². The first-order valence-corrected chi connectivity index (χ1v) is 14.8. The van der Waals surface area contributed by atoms with Gasteiger partial charge in [-0.2, -0.15) is 10.1 Å². The van der Waals surface area contributed by atoms with Crippen molar-refractivity contribution in [2.24, 2.45) is 5.10 Å². The number of thioether (sulfide) groups is 1. The Kier molecular flexibility index (Phi) is 7.29. The maximum Gasteiger partial charge on any atom is 0.311 e. The first-order chi connectivity index (χ1) is 19.9. The van der Waals surface area contributed by atoms with Crippen LogP contribution in [0.1, 0.15) is 13.3 Å². The van der Waals surface area contributed by atoms with Crippen LogP contribution in [0.5, 0.6) is 0 Å². The van der Waals surface area contributed by atoms with Crippen molar-refractivity contribution in [1.82, 2.24) is 4.57 Å². The number of carbonyl (C=O) groups excluding carboxylic acids is 2. The number of hydrazone groups is 1. The zero-order valence-electron chi connectivity index (χ0n) is 22.0. The second-order valence-electron chi connectivity index (χ2n) is 9.15. The van der Waals surface area contributed by atoms with Crippen LogP contribution in [0.4, 0.5) is 11.4 Å². The van der Waals surface area contributed by atoms with Gasteiger partial charge in [0, 0.05) is 17.0 Å². The van der Waals surface area contributed by atoms with Crippen molar-refractivity contribution in [1.29, 1.82) is 0 Å². The summed E-state index contributed by atoms with van der Waals surface area (Å²) < 4.78 is 7.57. The van der Waals surface area contributed by atoms with E-state index in [4.69, 9.17) is 16.3 Å². The molecule has 206 valence electrons. The third-order valence-corrected chi connectivity index (χ3v) is 9.30. The SMILES string of the molecule is CCOC(=O)CC1=NN(c2ccccc2)C(=O)/C1=c1/s/c(=C2\Sc3ccc(Cl)cc3N2C)c(=O)n1-c1ccccc1. The van der Waals surface area contributed by atoms with E-state index >= 15 is 0 Å². The number of thiazole rings is 1. The predicted molar refractivity (Wildman–Crippen MR) is 164 cm³/mol. The molecule has 4 aromatic rings. The highest BCUT2D eigenvalue weighted by molar-refractivity contribution is 8.08. The van der Waals surface area contributed by atoms with E-state index in [-0.39, 0.29) is 29.9 Å². The fourth-order valence-electron chi connectivity index (χ4n) is 4.69. The van der Waals surface area contributed by atoms with Crippen LogP contribution in [0.2, 0.25) is 5.02 Å². The largest absolute Gasteiger partial charge is 0.466 e. The summed E-state index contributed by atoms with van der Waals surface area (Å²) in [5.74, 6) is -0.940. The molecule has 0 fully saturated rings. The van der Waals surface area contributed by atoms with Gasteiger partial charge in [-0.05, 0) is 49.4 Å². The molecule has 3 aromatic carbocycles. The van der Waals surface area contributed by atoms with Crippen molar-refractivity contribution in [3.05, 3.63) is 103 Å². The Morgan fingerprint density at radius 1 is 0.976 bits per heavy atom. The quantitative estimate of drug-likeness (QED) is 0.316. The highest BCUT2D eigenvalue weighted by Gasteiger charge is 2.35. The fraction of sp³-hybridized carbons (Fsp3) is 0.133. The van der Waals surface area contributed by atoms with Gasteiger partial charge in [-0.25, -0.2) is 0 Å². The van der Waals surface area contributed by atoms with Gasteiger partial charge >= 0.3 is 5.97 Å². The molecule has 1 aromatic heterocycles. The lowest BCUT2D eigenvalue weighted by molar-refractivity contribution is -0.141. The highest BCUT2D eigenvalue weighted by atomic mass is 35.5. The Balaban J connectivity index is 1.64. The molecule has 6 rings (SSSR count). The molecule has 2 aliphatic heterocycles. The van der Waals surface area contributed by atoms with E-state index in [1.54, 1.807) is 31.2 Å². The minimum absolute atomic E-state index is 0.186. The summed E-state index contributed by atoms with van der Waals surface area (Å²) >= 11 is 8.93. The number of anilines is 2. The minimum atomic E-state index is -0.510. The molecule has 11 heteroatoms. The molecule has 0 saturated carbocycles. The maximum absolute atomic E-state index is 14.2. The van der Waals surface area contributed by atoms with E-state index in [0.717, 1.165) is 15.6 Å². The van der Waals surface area contributed by atoms with Crippen molar-refractivity contribution in [2.45, 2.75) is 18.2 Å². The zero-order valence-corrected chi connectivity index (χ0v) is 24.4. The van der Waals surface area contributed by atoms with Crippen LogP contribution in [0.15, 0.2) is 93.7 Å². The number of fused-ring (bicyclic) bond motifs is 1. The molecule has 0 bridgehead atoms. The number of amides is 1. The van der Waals surface area contributed by atoms with Crippen molar-refractivity contribution < 1.29 is 14.3 Å². The Labute approximate surface area is 248 Å². The first kappa shape index (κ1) is 27.1. The number of nitrogens with zero attached hydrogens (tertiary/aromatic N) is 4. The Bertz CT molecular complexity index is 1900. The van der Waals surface area contributed by atoms with Crippen LogP contribution in [0.3, 0.4) is 0 Å². The van der Waals surface area contributed by atoms with E-state index in [9.17, 15) is 14.4 Å². The number of hydrogen-bond acceptors (Lipinski definition) is 8. The summed E-state index contributed by atoms with van der Waals surface area (Å²) in [7, 11) is 1.88. The third-order valence-electron chi connectivity index (χ3n) is 6.55. The van der Waals surface area contributed by atoms with Crippen molar-refractivity contribution in [3.63, 3.8) is 0 Å². The fourth-order valence-corrected chi connectivity index (χ4v) is 7.35. The summed E-state index contributed by atoms with van der Waals surface area (Å²) in [6, 6.07) is 23.7. The van der Waals surface area contributed by atoms with Gasteiger partial charge in [0.2, 0.25) is 0 Å². The maximum atomic E-state index is 14.2. The van der Waals surface area contributed by atoms with Gasteiger partial charge in [0.25, 0.3) is 11.5 Å². The van der Waals surface area contributed by atoms with Crippen molar-refractivity contribution >= 4 is 74.3 Å². The highest BCUT2D eigenvalue weighted by Crippen LogP contribution is 2.46. The van der Waals surface area contributed by atoms with Crippen molar-refractivity contribution in [3.8, 4) is 5.69 Å². The number of halogens is 1. The van der Waals surface area contributed by atoms with E-state index in [1.807, 2.05) is 66.5 Å². The lowest BCUT2D eigenvalue weighted by Crippen LogP contribution is -2.35. The number of benzene rings is 3. The molecule has 3 heterocycles. The molecule has 8 nitrogen and oxygen atoms in total. The second-order valence-corrected chi connectivity index (χ2v) is 11.6. The van der Waals surface area contributed by atoms with Crippen LogP contribution in [-0.2, 0) is 14.3 Å². The Morgan fingerprint density at radius 2 is 1.66 bits per heavy atom. The van der Waals surface area contributed by atoms with E-state index in [2.05, 4.69) is 5.10 Å². The number of rotatable bonds is 5. The van der Waals surface area contributed by atoms with Crippen molar-refractivity contribution in [2.75, 3.05) is 23.6 Å². The Hall–Kier alpha value is -4.12. The number of ether oxygens (including phenoxy) is 1. The summed E-state index contributed by atoms with van der Waals surface area (Å²) in [6.45, 7) is 1.92. The number of para-hydroxylation sites is 2. The Morgan fingerprint density at radius 3 is 2.34 bits per heavy atom. The lowest BCUT2D eigenvalue weighted by Gasteiger charge is -2.12. The van der Waals surface area contributed by atoms with Crippen LogP contribution in [-0.4, -0.2) is 35.8 Å². The van der Waals surface area contributed by atoms with Crippen LogP contribution < -0.4 is 24.7 Å². The first-order valence-electron chi connectivity index (χ1n) is 12.8. The summed E-state index contributed by atoms with van der Waals surface area (Å²) in [4.78, 5) is 43.8. The van der Waals surface area contributed by atoms with Gasteiger partial charge in [0.05, 0.1) is 35.8 Å². The lowest BCUT2D eigenvalue weighted by atomic mass is 10.1. The molecule has 0 spiro atoms. The summed E-state index contributed by atoms with van der Waals surface area (Å²) in [5.41, 5.74) is 2.18. The van der Waals surface area contributed by atoms with Gasteiger partial charge < -0.3 is 9.64 Å². The number of carbonyl (C=O) groups is 2. The summed E-state index contributed by atoms with van der Waals surface area (Å²) in [6.07, 6.45) is -0.219. The van der Waals surface area contributed by atoms with Gasteiger partial charge in [0.15, 0.2) is 0 Å². The van der Waals surface area contributed by atoms with Gasteiger partial charge in [-0.1, -0.05) is 59.8 Å². The summed E-state index contributed by atoms with van der Waals surface area (Å²) in [5, 5.41) is 7.15. The second kappa shape index (κ2) is 11.0. The smallest absolute Gasteiger partial charge is 0.311 e. The van der Waals surface area contributed by atoms with Crippen LogP contribution in [0, 0.1) is 0 Å². The third kappa shape index (κ3) is 4.88. The van der Waals surface area contributed by atoms with E-state index in [0.29, 0.717) is 25.6 Å². The van der Waals surface area contributed by atoms with Gasteiger partial charge in [0.1, 0.15) is 19.8 Å². The number of esters is 1. The monoisotopic (exact) mass is 602 g/mol. The van der Waals surface area contributed by atoms with Crippen LogP contribution in [0.25, 0.3) is 16.3 Å². The van der Waals surface area contributed by atoms with E-state index < -0.39 is 11.9 Å². The molecular weight excluding hydrogens is 580 g/mol. The standard InChI is InChI=1S/C30H23ClN4O4S2/c1-3-39-24(36)17-21-25(27(37)35(32-21)20-12-8-5-9-13-20)29-34(19-10-6-4-7-11-19)28(38)26(41-29)30-33(2)22-16-18(31)14-15-23(22)40-30/h4-16H,3,17H2,1-2H3/b29-25+,30-26-. The minimum Gasteiger partial charge on any atom is -0.466 e. The predicted octanol–water partition coefficient (Wildman–Crippen LogP) is 4.37. The molecule has 0 radical (unpaired) electrons. The molecular formula is C30H23ClN4O4S2. The molecule has 2 aliphatic rings. The molecule has 41 heavy (non-hydrogen) atoms. The average molecular weight is 603 g/mol. The molecule has 0 unspecified atom stereocenters. The number of hydrogen-bond donors (Lipinski definition) is 0.